The molecule has 0 saturated heterocycles. The highest BCUT2D eigenvalue weighted by Crippen LogP contribution is 2.16. The van der Waals surface area contributed by atoms with Crippen molar-refractivity contribution >= 4 is 23.2 Å². The summed E-state index contributed by atoms with van der Waals surface area (Å²) in [5.74, 6) is -0.151. The van der Waals surface area contributed by atoms with Gasteiger partial charge in [-0.3, -0.25) is 9.78 Å². The fraction of sp³-hybridized carbons (Fsp3) is 0.294. The van der Waals surface area contributed by atoms with Crippen LogP contribution in [0.15, 0.2) is 42.7 Å². The lowest BCUT2D eigenvalue weighted by Crippen LogP contribution is -2.25. The lowest BCUT2D eigenvalue weighted by atomic mass is 10.2. The van der Waals surface area contributed by atoms with Crippen molar-refractivity contribution in [1.29, 1.82) is 0 Å². The summed E-state index contributed by atoms with van der Waals surface area (Å²) in [6.45, 7) is 6.31. The number of carbonyl (C=O) groups is 1. The molecule has 0 saturated carbocycles. The second-order valence-electron chi connectivity index (χ2n) is 4.88. The molecule has 2 rings (SSSR count). The third-order valence-corrected chi connectivity index (χ3v) is 3.88. The number of nitrogens with one attached hydrogen (secondary N) is 1. The smallest absolute Gasteiger partial charge is 0.253 e. The van der Waals surface area contributed by atoms with Crippen molar-refractivity contribution in [3.05, 3.63) is 58.9 Å². The maximum atomic E-state index is 12.3. The SMILES string of the molecule is CCN(CC)c1cncc(C(=O)NCc2ccccc2Cl)c1. The van der Waals surface area contributed by atoms with Gasteiger partial charge in [0.05, 0.1) is 17.4 Å². The summed E-state index contributed by atoms with van der Waals surface area (Å²) in [5, 5.41) is 3.53. The number of amides is 1. The molecule has 0 bridgehead atoms. The van der Waals surface area contributed by atoms with E-state index < -0.39 is 0 Å². The number of halogens is 1. The Bertz CT molecular complexity index is 641. The minimum Gasteiger partial charge on any atom is -0.371 e. The molecule has 1 amide bonds. The van der Waals surface area contributed by atoms with Gasteiger partial charge in [0.2, 0.25) is 0 Å². The fourth-order valence-electron chi connectivity index (χ4n) is 2.23. The molecule has 1 heterocycles. The zero-order chi connectivity index (χ0) is 15.9. The van der Waals surface area contributed by atoms with Crippen LogP contribution in [0.5, 0.6) is 0 Å². The third-order valence-electron chi connectivity index (χ3n) is 3.51. The highest BCUT2D eigenvalue weighted by atomic mass is 35.5. The van der Waals surface area contributed by atoms with E-state index in [1.165, 1.54) is 0 Å². The second kappa shape index (κ2) is 7.80. The fourth-order valence-corrected chi connectivity index (χ4v) is 2.44. The molecule has 2 aromatic rings. The van der Waals surface area contributed by atoms with Crippen LogP contribution in [0, 0.1) is 0 Å². The molecule has 1 aromatic heterocycles. The molecule has 0 spiro atoms. The minimum atomic E-state index is -0.151. The van der Waals surface area contributed by atoms with Gasteiger partial charge in [0.25, 0.3) is 5.91 Å². The highest BCUT2D eigenvalue weighted by molar-refractivity contribution is 6.31. The standard InChI is InChI=1S/C17H20ClN3O/c1-3-21(4-2)15-9-14(10-19-12-15)17(22)20-11-13-7-5-6-8-16(13)18/h5-10,12H,3-4,11H2,1-2H3,(H,20,22). The van der Waals surface area contributed by atoms with Gasteiger partial charge in [0.1, 0.15) is 0 Å². The molecule has 1 aromatic carbocycles. The summed E-state index contributed by atoms with van der Waals surface area (Å²) >= 11 is 6.09. The average molecular weight is 318 g/mol. The van der Waals surface area contributed by atoms with Crippen molar-refractivity contribution in [2.45, 2.75) is 20.4 Å². The van der Waals surface area contributed by atoms with E-state index in [1.54, 1.807) is 12.4 Å². The van der Waals surface area contributed by atoms with Gasteiger partial charge < -0.3 is 10.2 Å². The first kappa shape index (κ1) is 16.3. The van der Waals surface area contributed by atoms with Crippen LogP contribution in [0.3, 0.4) is 0 Å². The Hall–Kier alpha value is -2.07. The van der Waals surface area contributed by atoms with Crippen LogP contribution in [0.2, 0.25) is 5.02 Å². The van der Waals surface area contributed by atoms with Crippen molar-refractivity contribution < 1.29 is 4.79 Å². The van der Waals surface area contributed by atoms with Crippen molar-refractivity contribution in [1.82, 2.24) is 10.3 Å². The Morgan fingerprint density at radius 1 is 1.23 bits per heavy atom. The van der Waals surface area contributed by atoms with Crippen LogP contribution in [-0.4, -0.2) is 24.0 Å². The molecule has 5 heteroatoms. The van der Waals surface area contributed by atoms with E-state index in [2.05, 4.69) is 29.0 Å². The van der Waals surface area contributed by atoms with Gasteiger partial charge in [-0.2, -0.15) is 0 Å². The Balaban J connectivity index is 2.07. The van der Waals surface area contributed by atoms with Gasteiger partial charge in [0, 0.05) is 30.9 Å². The van der Waals surface area contributed by atoms with Crippen molar-refractivity contribution in [3.8, 4) is 0 Å². The number of carbonyl (C=O) groups excluding carboxylic acids is 1. The molecule has 116 valence electrons. The molecule has 0 fully saturated rings. The third kappa shape index (κ3) is 3.98. The van der Waals surface area contributed by atoms with Crippen LogP contribution in [0.1, 0.15) is 29.8 Å². The first-order valence-corrected chi connectivity index (χ1v) is 7.75. The number of rotatable bonds is 6. The number of nitrogens with zero attached hydrogens (tertiary/aromatic N) is 2. The number of hydrogen-bond donors (Lipinski definition) is 1. The Labute approximate surface area is 136 Å². The topological polar surface area (TPSA) is 45.2 Å². The molecule has 0 unspecified atom stereocenters. The van der Waals surface area contributed by atoms with Crippen LogP contribution in [0.4, 0.5) is 5.69 Å². The largest absolute Gasteiger partial charge is 0.371 e. The zero-order valence-corrected chi connectivity index (χ0v) is 13.6. The molecule has 0 atom stereocenters. The zero-order valence-electron chi connectivity index (χ0n) is 12.8. The van der Waals surface area contributed by atoms with E-state index in [-0.39, 0.29) is 5.91 Å². The Kier molecular flexibility index (Phi) is 5.78. The van der Waals surface area contributed by atoms with Crippen LogP contribution in [-0.2, 0) is 6.54 Å². The minimum absolute atomic E-state index is 0.151. The molecule has 4 nitrogen and oxygen atoms in total. The molecule has 0 aliphatic heterocycles. The summed E-state index contributed by atoms with van der Waals surface area (Å²) in [7, 11) is 0. The lowest BCUT2D eigenvalue weighted by Gasteiger charge is -2.20. The maximum absolute atomic E-state index is 12.3. The number of aromatic nitrogens is 1. The van der Waals surface area contributed by atoms with Gasteiger partial charge in [0.15, 0.2) is 0 Å². The number of anilines is 1. The lowest BCUT2D eigenvalue weighted by molar-refractivity contribution is 0.0950. The van der Waals surface area contributed by atoms with Crippen molar-refractivity contribution in [3.63, 3.8) is 0 Å². The molecule has 22 heavy (non-hydrogen) atoms. The first-order chi connectivity index (χ1) is 10.7. The maximum Gasteiger partial charge on any atom is 0.253 e. The monoisotopic (exact) mass is 317 g/mol. The molecular formula is C17H20ClN3O. The van der Waals surface area contributed by atoms with Gasteiger partial charge in [-0.15, -0.1) is 0 Å². The van der Waals surface area contributed by atoms with Crippen LogP contribution < -0.4 is 10.2 Å². The number of hydrogen-bond acceptors (Lipinski definition) is 3. The van der Waals surface area contributed by atoms with Crippen LogP contribution in [0.25, 0.3) is 0 Å². The quantitative estimate of drug-likeness (QED) is 0.886. The van der Waals surface area contributed by atoms with E-state index in [0.29, 0.717) is 17.1 Å². The van der Waals surface area contributed by atoms with E-state index in [9.17, 15) is 4.79 Å². The summed E-state index contributed by atoms with van der Waals surface area (Å²) in [4.78, 5) is 18.6. The van der Waals surface area contributed by atoms with Crippen molar-refractivity contribution in [2.24, 2.45) is 0 Å². The van der Waals surface area contributed by atoms with Gasteiger partial charge in [-0.05, 0) is 31.5 Å². The van der Waals surface area contributed by atoms with Crippen LogP contribution >= 0.6 is 11.6 Å². The Morgan fingerprint density at radius 3 is 2.64 bits per heavy atom. The number of benzene rings is 1. The molecule has 0 aliphatic carbocycles. The van der Waals surface area contributed by atoms with E-state index in [0.717, 1.165) is 24.3 Å². The highest BCUT2D eigenvalue weighted by Gasteiger charge is 2.10. The molecular weight excluding hydrogens is 298 g/mol. The first-order valence-electron chi connectivity index (χ1n) is 7.37. The molecule has 1 N–H and O–H groups in total. The summed E-state index contributed by atoms with van der Waals surface area (Å²) < 4.78 is 0. The predicted octanol–water partition coefficient (Wildman–Crippen LogP) is 3.51. The molecule has 0 aliphatic rings. The van der Waals surface area contributed by atoms with Crippen molar-refractivity contribution in [2.75, 3.05) is 18.0 Å². The van der Waals surface area contributed by atoms with E-state index >= 15 is 0 Å². The Morgan fingerprint density at radius 2 is 1.95 bits per heavy atom. The predicted molar refractivity (Wildman–Crippen MR) is 90.4 cm³/mol. The van der Waals surface area contributed by atoms with E-state index in [1.807, 2.05) is 30.3 Å². The van der Waals surface area contributed by atoms with E-state index in [4.69, 9.17) is 11.6 Å². The average Bonchev–Trinajstić information content (AvgIpc) is 2.55. The second-order valence-corrected chi connectivity index (χ2v) is 5.29. The van der Waals surface area contributed by atoms with Gasteiger partial charge in [-0.1, -0.05) is 29.8 Å². The summed E-state index contributed by atoms with van der Waals surface area (Å²) in [6.07, 6.45) is 3.35. The molecule has 0 radical (unpaired) electrons. The normalized spacial score (nSPS) is 10.3. The summed E-state index contributed by atoms with van der Waals surface area (Å²) in [5.41, 5.74) is 2.40. The number of pyridine rings is 1. The summed E-state index contributed by atoms with van der Waals surface area (Å²) in [6, 6.07) is 9.34. The van der Waals surface area contributed by atoms with Gasteiger partial charge >= 0.3 is 0 Å². The van der Waals surface area contributed by atoms with Gasteiger partial charge in [-0.25, -0.2) is 0 Å².